The van der Waals surface area contributed by atoms with E-state index in [1.807, 2.05) is 32.0 Å². The van der Waals surface area contributed by atoms with Crippen molar-refractivity contribution < 1.29 is 13.2 Å². The lowest BCUT2D eigenvalue weighted by molar-refractivity contribution is -0.137. The van der Waals surface area contributed by atoms with Gasteiger partial charge in [-0.05, 0) is 54.3 Å². The fourth-order valence-electron chi connectivity index (χ4n) is 2.24. The lowest BCUT2D eigenvalue weighted by atomic mass is 9.92. The van der Waals surface area contributed by atoms with E-state index < -0.39 is 17.8 Å². The number of rotatable bonds is 2. The summed E-state index contributed by atoms with van der Waals surface area (Å²) in [5, 5.41) is 0. The Bertz CT molecular complexity index is 665. The summed E-state index contributed by atoms with van der Waals surface area (Å²) in [7, 11) is 0. The van der Waals surface area contributed by atoms with E-state index in [0.717, 1.165) is 28.8 Å². The van der Waals surface area contributed by atoms with Gasteiger partial charge < -0.3 is 5.73 Å². The largest absolute Gasteiger partial charge is 0.416 e. The molecule has 1 atom stereocenters. The van der Waals surface area contributed by atoms with Gasteiger partial charge in [-0.15, -0.1) is 0 Å². The third-order valence-electron chi connectivity index (χ3n) is 3.64. The average molecular weight is 358 g/mol. The van der Waals surface area contributed by atoms with Gasteiger partial charge in [0.1, 0.15) is 0 Å². The van der Waals surface area contributed by atoms with Crippen molar-refractivity contribution in [1.82, 2.24) is 0 Å². The molecular formula is C16H15BrF3N. The lowest BCUT2D eigenvalue weighted by Gasteiger charge is -2.19. The SMILES string of the molecule is Cc1cccc(C(N)c2cc(C(F)(F)F)ccc2Br)c1C. The summed E-state index contributed by atoms with van der Waals surface area (Å²) in [5.41, 5.74) is 8.82. The molecule has 0 aliphatic heterocycles. The lowest BCUT2D eigenvalue weighted by Crippen LogP contribution is -2.16. The van der Waals surface area contributed by atoms with Crippen LogP contribution < -0.4 is 5.73 Å². The third kappa shape index (κ3) is 3.30. The number of aryl methyl sites for hydroxylation is 1. The van der Waals surface area contributed by atoms with Crippen LogP contribution in [0.4, 0.5) is 13.2 Å². The second kappa shape index (κ2) is 5.81. The van der Waals surface area contributed by atoms with Gasteiger partial charge in [-0.25, -0.2) is 0 Å². The van der Waals surface area contributed by atoms with E-state index in [4.69, 9.17) is 5.73 Å². The predicted octanol–water partition coefficient (Wildman–Crippen LogP) is 5.13. The summed E-state index contributed by atoms with van der Waals surface area (Å²) < 4.78 is 39.1. The second-order valence-corrected chi connectivity index (χ2v) is 5.86. The summed E-state index contributed by atoms with van der Waals surface area (Å²) in [5.74, 6) is 0. The zero-order valence-electron chi connectivity index (χ0n) is 11.6. The molecule has 2 rings (SSSR count). The van der Waals surface area contributed by atoms with E-state index in [0.29, 0.717) is 10.0 Å². The van der Waals surface area contributed by atoms with E-state index in [1.54, 1.807) is 0 Å². The predicted molar refractivity (Wildman–Crippen MR) is 81.1 cm³/mol. The summed E-state index contributed by atoms with van der Waals surface area (Å²) in [4.78, 5) is 0. The first-order chi connectivity index (χ1) is 9.71. The van der Waals surface area contributed by atoms with Crippen LogP contribution in [0.25, 0.3) is 0 Å². The zero-order valence-corrected chi connectivity index (χ0v) is 13.2. The van der Waals surface area contributed by atoms with E-state index in [2.05, 4.69) is 15.9 Å². The molecule has 2 N–H and O–H groups in total. The first kappa shape index (κ1) is 16.0. The quantitative estimate of drug-likeness (QED) is 0.791. The van der Waals surface area contributed by atoms with Crippen LogP contribution in [-0.4, -0.2) is 0 Å². The Morgan fingerprint density at radius 2 is 1.71 bits per heavy atom. The van der Waals surface area contributed by atoms with Crippen molar-refractivity contribution in [2.45, 2.75) is 26.1 Å². The molecule has 0 amide bonds. The number of nitrogens with two attached hydrogens (primary N) is 1. The molecule has 1 nitrogen and oxygen atoms in total. The fourth-order valence-corrected chi connectivity index (χ4v) is 2.73. The monoisotopic (exact) mass is 357 g/mol. The van der Waals surface area contributed by atoms with Crippen LogP contribution in [0.5, 0.6) is 0 Å². The van der Waals surface area contributed by atoms with Crippen LogP contribution in [0.1, 0.15) is 33.9 Å². The molecule has 0 radical (unpaired) electrons. The second-order valence-electron chi connectivity index (χ2n) is 5.00. The smallest absolute Gasteiger partial charge is 0.320 e. The van der Waals surface area contributed by atoms with Gasteiger partial charge in [0.2, 0.25) is 0 Å². The Balaban J connectivity index is 2.53. The minimum atomic E-state index is -4.38. The average Bonchev–Trinajstić information content (AvgIpc) is 2.40. The Hall–Kier alpha value is -1.33. The number of alkyl halides is 3. The number of halogens is 4. The van der Waals surface area contributed by atoms with Gasteiger partial charge >= 0.3 is 6.18 Å². The molecule has 0 aromatic heterocycles. The van der Waals surface area contributed by atoms with E-state index in [1.165, 1.54) is 6.07 Å². The third-order valence-corrected chi connectivity index (χ3v) is 4.36. The van der Waals surface area contributed by atoms with Gasteiger partial charge in [-0.3, -0.25) is 0 Å². The van der Waals surface area contributed by atoms with Crippen LogP contribution in [0, 0.1) is 13.8 Å². The van der Waals surface area contributed by atoms with Gasteiger partial charge in [0, 0.05) is 4.47 Å². The Labute approximate surface area is 130 Å². The molecule has 0 aliphatic carbocycles. The Morgan fingerprint density at radius 1 is 1.05 bits per heavy atom. The number of hydrogen-bond acceptors (Lipinski definition) is 1. The highest BCUT2D eigenvalue weighted by atomic mass is 79.9. The molecule has 1 unspecified atom stereocenters. The number of benzene rings is 2. The first-order valence-corrected chi connectivity index (χ1v) is 7.19. The van der Waals surface area contributed by atoms with Crippen molar-refractivity contribution in [2.24, 2.45) is 5.73 Å². The van der Waals surface area contributed by atoms with Crippen molar-refractivity contribution in [3.63, 3.8) is 0 Å². The normalized spacial score (nSPS) is 13.3. The van der Waals surface area contributed by atoms with Crippen molar-refractivity contribution in [2.75, 3.05) is 0 Å². The molecule has 2 aromatic rings. The van der Waals surface area contributed by atoms with Crippen molar-refractivity contribution >= 4 is 15.9 Å². The molecule has 112 valence electrons. The van der Waals surface area contributed by atoms with E-state index >= 15 is 0 Å². The Kier molecular flexibility index (Phi) is 4.44. The highest BCUT2D eigenvalue weighted by Gasteiger charge is 2.31. The topological polar surface area (TPSA) is 26.0 Å². The summed E-state index contributed by atoms with van der Waals surface area (Å²) in [6, 6.07) is 8.59. The molecule has 21 heavy (non-hydrogen) atoms. The van der Waals surface area contributed by atoms with E-state index in [-0.39, 0.29) is 0 Å². The zero-order chi connectivity index (χ0) is 15.8. The molecule has 0 fully saturated rings. The summed E-state index contributed by atoms with van der Waals surface area (Å²) in [6.07, 6.45) is -4.38. The van der Waals surface area contributed by atoms with Crippen LogP contribution in [0.15, 0.2) is 40.9 Å². The number of hydrogen-bond donors (Lipinski definition) is 1. The van der Waals surface area contributed by atoms with Gasteiger partial charge in [0.05, 0.1) is 11.6 Å². The maximum atomic E-state index is 12.9. The molecular weight excluding hydrogens is 343 g/mol. The molecule has 2 aromatic carbocycles. The molecule has 0 bridgehead atoms. The van der Waals surface area contributed by atoms with E-state index in [9.17, 15) is 13.2 Å². The first-order valence-electron chi connectivity index (χ1n) is 6.40. The van der Waals surface area contributed by atoms with Gasteiger partial charge in [-0.1, -0.05) is 34.1 Å². The fraction of sp³-hybridized carbons (Fsp3) is 0.250. The van der Waals surface area contributed by atoms with Crippen LogP contribution in [0.2, 0.25) is 0 Å². The van der Waals surface area contributed by atoms with Crippen molar-refractivity contribution in [3.05, 3.63) is 68.7 Å². The summed E-state index contributed by atoms with van der Waals surface area (Å²) >= 11 is 3.29. The standard InChI is InChI=1S/C16H15BrF3N/c1-9-4-3-5-12(10(9)2)15(21)13-8-11(16(18,19)20)6-7-14(13)17/h3-8,15H,21H2,1-2H3. The maximum Gasteiger partial charge on any atom is 0.416 e. The highest BCUT2D eigenvalue weighted by molar-refractivity contribution is 9.10. The van der Waals surface area contributed by atoms with Gasteiger partial charge in [-0.2, -0.15) is 13.2 Å². The molecule has 0 heterocycles. The highest BCUT2D eigenvalue weighted by Crippen LogP contribution is 2.35. The van der Waals surface area contributed by atoms with Crippen LogP contribution >= 0.6 is 15.9 Å². The van der Waals surface area contributed by atoms with Crippen LogP contribution in [0.3, 0.4) is 0 Å². The summed E-state index contributed by atoms with van der Waals surface area (Å²) in [6.45, 7) is 3.87. The van der Waals surface area contributed by atoms with Crippen molar-refractivity contribution in [1.29, 1.82) is 0 Å². The molecule has 0 aliphatic rings. The maximum absolute atomic E-state index is 12.9. The molecule has 0 spiro atoms. The minimum Gasteiger partial charge on any atom is -0.320 e. The Morgan fingerprint density at radius 3 is 2.33 bits per heavy atom. The van der Waals surface area contributed by atoms with Crippen LogP contribution in [-0.2, 0) is 6.18 Å². The minimum absolute atomic E-state index is 0.429. The van der Waals surface area contributed by atoms with Gasteiger partial charge in [0.25, 0.3) is 0 Å². The van der Waals surface area contributed by atoms with Crippen molar-refractivity contribution in [3.8, 4) is 0 Å². The molecule has 0 saturated heterocycles. The molecule has 5 heteroatoms. The molecule has 0 saturated carbocycles. The van der Waals surface area contributed by atoms with Gasteiger partial charge in [0.15, 0.2) is 0 Å².